The van der Waals surface area contributed by atoms with E-state index in [2.05, 4.69) is 13.8 Å². The molecule has 0 bridgehead atoms. The van der Waals surface area contributed by atoms with E-state index in [0.717, 1.165) is 25.7 Å². The van der Waals surface area contributed by atoms with Gasteiger partial charge in [0.1, 0.15) is 0 Å². The summed E-state index contributed by atoms with van der Waals surface area (Å²) in [5.74, 6) is -1.02. The lowest BCUT2D eigenvalue weighted by atomic mass is 9.94. The maximum atomic E-state index is 11.3. The van der Waals surface area contributed by atoms with Gasteiger partial charge in [-0.1, -0.05) is 142 Å². The van der Waals surface area contributed by atoms with Crippen LogP contribution in [0.3, 0.4) is 0 Å². The average Bonchev–Trinajstić information content (AvgIpc) is 2.68. The van der Waals surface area contributed by atoms with Crippen LogP contribution < -0.4 is 5.11 Å². The summed E-state index contributed by atoms with van der Waals surface area (Å²) in [5.41, 5.74) is 0. The zero-order valence-corrected chi connectivity index (χ0v) is 19.5. The van der Waals surface area contributed by atoms with Crippen LogP contribution in [0.25, 0.3) is 0 Å². The molecule has 0 aliphatic rings. The van der Waals surface area contributed by atoms with Gasteiger partial charge in [-0.25, -0.2) is 0 Å². The molecule has 28 heavy (non-hydrogen) atoms. The van der Waals surface area contributed by atoms with Crippen LogP contribution in [-0.4, -0.2) is 5.97 Å². The van der Waals surface area contributed by atoms with E-state index in [1.54, 1.807) is 0 Å². The fourth-order valence-corrected chi connectivity index (χ4v) is 4.14. The van der Waals surface area contributed by atoms with E-state index in [9.17, 15) is 9.90 Å². The fourth-order valence-electron chi connectivity index (χ4n) is 4.14. The van der Waals surface area contributed by atoms with E-state index in [-0.39, 0.29) is 5.92 Å². The molecule has 0 radical (unpaired) electrons. The lowest BCUT2D eigenvalue weighted by Crippen LogP contribution is -2.31. The van der Waals surface area contributed by atoms with Crippen LogP contribution in [0, 0.1) is 5.92 Å². The van der Waals surface area contributed by atoms with Crippen molar-refractivity contribution in [2.45, 2.75) is 155 Å². The largest absolute Gasteiger partial charge is 0.550 e. The van der Waals surface area contributed by atoms with Gasteiger partial charge in [0.25, 0.3) is 0 Å². The first kappa shape index (κ1) is 27.5. The van der Waals surface area contributed by atoms with Crippen molar-refractivity contribution in [2.75, 3.05) is 0 Å². The molecule has 1 unspecified atom stereocenters. The first-order valence-corrected chi connectivity index (χ1v) is 12.9. The molecular weight excluding hydrogens is 344 g/mol. The van der Waals surface area contributed by atoms with Gasteiger partial charge in [0, 0.05) is 5.97 Å². The Morgan fingerprint density at radius 2 is 0.750 bits per heavy atom. The minimum absolute atomic E-state index is 0.205. The SMILES string of the molecule is CCCCCCCCCCCCCCCCC(CCCCCCCC)C(=O)[O-]. The standard InChI is InChI=1S/C26H52O2/c1-3-5-7-9-11-12-13-14-15-16-17-18-20-22-24-25(26(27)28)23-21-19-10-8-6-4-2/h25H,3-24H2,1-2H3,(H,27,28)/p-1. The van der Waals surface area contributed by atoms with Crippen molar-refractivity contribution >= 4 is 5.97 Å². The maximum absolute atomic E-state index is 11.3. The second-order valence-corrected chi connectivity index (χ2v) is 8.96. The molecule has 0 N–H and O–H groups in total. The molecule has 1 atom stereocenters. The third-order valence-electron chi connectivity index (χ3n) is 6.15. The van der Waals surface area contributed by atoms with E-state index in [4.69, 9.17) is 0 Å². The van der Waals surface area contributed by atoms with Gasteiger partial charge >= 0.3 is 0 Å². The number of rotatable bonds is 23. The molecule has 0 saturated heterocycles. The highest BCUT2D eigenvalue weighted by Gasteiger charge is 2.09. The number of unbranched alkanes of at least 4 members (excludes halogenated alkanes) is 18. The van der Waals surface area contributed by atoms with E-state index >= 15 is 0 Å². The third-order valence-corrected chi connectivity index (χ3v) is 6.15. The van der Waals surface area contributed by atoms with Crippen molar-refractivity contribution < 1.29 is 9.90 Å². The average molecular weight is 396 g/mol. The van der Waals surface area contributed by atoms with Crippen LogP contribution in [0.1, 0.15) is 155 Å². The number of hydrogen-bond acceptors (Lipinski definition) is 2. The third kappa shape index (κ3) is 20.2. The summed E-state index contributed by atoms with van der Waals surface area (Å²) in [7, 11) is 0. The summed E-state index contributed by atoms with van der Waals surface area (Å²) in [6, 6.07) is 0. The molecule has 0 heterocycles. The highest BCUT2D eigenvalue weighted by atomic mass is 16.4. The Morgan fingerprint density at radius 3 is 1.00 bits per heavy atom. The van der Waals surface area contributed by atoms with E-state index in [1.807, 2.05) is 0 Å². The van der Waals surface area contributed by atoms with E-state index in [0.29, 0.717) is 0 Å². The topological polar surface area (TPSA) is 40.1 Å². The summed E-state index contributed by atoms with van der Waals surface area (Å²) in [5, 5.41) is 11.3. The van der Waals surface area contributed by atoms with Crippen LogP contribution >= 0.6 is 0 Å². The Balaban J connectivity index is 3.38. The Morgan fingerprint density at radius 1 is 0.500 bits per heavy atom. The molecule has 168 valence electrons. The predicted octanol–water partition coefficient (Wildman–Crippen LogP) is 7.97. The Hall–Kier alpha value is -0.530. The number of carbonyl (C=O) groups excluding carboxylic acids is 1. The number of carboxylic acid groups (broad SMARTS) is 1. The molecule has 0 aliphatic carbocycles. The molecule has 0 spiro atoms. The molecular formula is C26H51O2-. The van der Waals surface area contributed by atoms with Crippen molar-refractivity contribution in [1.29, 1.82) is 0 Å². The Bertz CT molecular complexity index is 314. The summed E-state index contributed by atoms with van der Waals surface area (Å²) in [6.45, 7) is 4.50. The number of carbonyl (C=O) groups is 1. The summed E-state index contributed by atoms with van der Waals surface area (Å²) in [4.78, 5) is 11.3. The maximum Gasteiger partial charge on any atom is 0.0445 e. The van der Waals surface area contributed by atoms with Crippen LogP contribution in [-0.2, 0) is 4.79 Å². The molecule has 0 saturated carbocycles. The minimum Gasteiger partial charge on any atom is -0.550 e. The first-order valence-electron chi connectivity index (χ1n) is 12.9. The summed E-state index contributed by atoms with van der Waals surface area (Å²) >= 11 is 0. The van der Waals surface area contributed by atoms with Crippen LogP contribution in [0.15, 0.2) is 0 Å². The van der Waals surface area contributed by atoms with Crippen LogP contribution in [0.2, 0.25) is 0 Å². The Labute approximate surface area is 177 Å². The number of aliphatic carboxylic acids is 1. The van der Waals surface area contributed by atoms with Crippen molar-refractivity contribution in [3.8, 4) is 0 Å². The quantitative estimate of drug-likeness (QED) is 0.164. The van der Waals surface area contributed by atoms with Crippen molar-refractivity contribution in [3.63, 3.8) is 0 Å². The van der Waals surface area contributed by atoms with Crippen molar-refractivity contribution in [2.24, 2.45) is 5.92 Å². The van der Waals surface area contributed by atoms with Gasteiger partial charge in [0.15, 0.2) is 0 Å². The molecule has 0 aromatic rings. The monoisotopic (exact) mass is 395 g/mol. The van der Waals surface area contributed by atoms with Gasteiger partial charge in [0.2, 0.25) is 0 Å². The van der Waals surface area contributed by atoms with Gasteiger partial charge in [0.05, 0.1) is 0 Å². The van der Waals surface area contributed by atoms with E-state index < -0.39 is 5.97 Å². The lowest BCUT2D eigenvalue weighted by Gasteiger charge is -2.17. The predicted molar refractivity (Wildman–Crippen MR) is 121 cm³/mol. The van der Waals surface area contributed by atoms with Crippen molar-refractivity contribution in [3.05, 3.63) is 0 Å². The molecule has 0 amide bonds. The zero-order chi connectivity index (χ0) is 20.7. The lowest BCUT2D eigenvalue weighted by molar-refractivity contribution is -0.312. The second-order valence-electron chi connectivity index (χ2n) is 8.96. The normalized spacial score (nSPS) is 12.4. The summed E-state index contributed by atoms with van der Waals surface area (Å²) < 4.78 is 0. The molecule has 2 heteroatoms. The van der Waals surface area contributed by atoms with Crippen molar-refractivity contribution in [1.82, 2.24) is 0 Å². The number of carboxylic acids is 1. The smallest absolute Gasteiger partial charge is 0.0445 e. The highest BCUT2D eigenvalue weighted by molar-refractivity contribution is 5.67. The summed E-state index contributed by atoms with van der Waals surface area (Å²) in [6.07, 6.45) is 27.9. The molecule has 0 aliphatic heterocycles. The zero-order valence-electron chi connectivity index (χ0n) is 19.5. The molecule has 0 fully saturated rings. The van der Waals surface area contributed by atoms with Crippen LogP contribution in [0.5, 0.6) is 0 Å². The molecule has 0 rings (SSSR count). The van der Waals surface area contributed by atoms with Gasteiger partial charge in [-0.2, -0.15) is 0 Å². The number of hydrogen-bond donors (Lipinski definition) is 0. The van der Waals surface area contributed by atoms with E-state index in [1.165, 1.54) is 116 Å². The minimum atomic E-state index is -0.816. The molecule has 0 aromatic heterocycles. The first-order chi connectivity index (χ1) is 13.7. The Kier molecular flexibility index (Phi) is 22.3. The van der Waals surface area contributed by atoms with Gasteiger partial charge < -0.3 is 9.90 Å². The fraction of sp³-hybridized carbons (Fsp3) is 0.962. The van der Waals surface area contributed by atoms with Crippen LogP contribution in [0.4, 0.5) is 0 Å². The van der Waals surface area contributed by atoms with Gasteiger partial charge in [-0.15, -0.1) is 0 Å². The van der Waals surface area contributed by atoms with Gasteiger partial charge in [-0.3, -0.25) is 0 Å². The second kappa shape index (κ2) is 22.8. The van der Waals surface area contributed by atoms with Gasteiger partial charge in [-0.05, 0) is 18.8 Å². The highest BCUT2D eigenvalue weighted by Crippen LogP contribution is 2.19. The molecule has 0 aromatic carbocycles. The molecule has 2 nitrogen and oxygen atoms in total.